The van der Waals surface area contributed by atoms with Crippen LogP contribution in [0.2, 0.25) is 10.0 Å². The van der Waals surface area contributed by atoms with Gasteiger partial charge in [-0.2, -0.15) is 0 Å². The van der Waals surface area contributed by atoms with Gasteiger partial charge in [0.15, 0.2) is 5.82 Å². The van der Waals surface area contributed by atoms with Crippen molar-refractivity contribution in [3.05, 3.63) is 87.9 Å². The lowest BCUT2D eigenvalue weighted by atomic mass is 10.0. The zero-order valence-electron chi connectivity index (χ0n) is 19.2. The zero-order chi connectivity index (χ0) is 24.4. The lowest BCUT2D eigenvalue weighted by molar-refractivity contribution is 0.0937. The number of fused-ring (bicyclic) bond motifs is 1. The van der Waals surface area contributed by atoms with Crippen LogP contribution in [0, 0.1) is 0 Å². The summed E-state index contributed by atoms with van der Waals surface area (Å²) in [4.78, 5) is 15.6. The van der Waals surface area contributed by atoms with Gasteiger partial charge in [-0.25, -0.2) is 0 Å². The highest BCUT2D eigenvalue weighted by Gasteiger charge is 2.24. The summed E-state index contributed by atoms with van der Waals surface area (Å²) in [6.45, 7) is 4.39. The van der Waals surface area contributed by atoms with Crippen molar-refractivity contribution in [2.45, 2.75) is 13.0 Å². The number of hydrogen-bond acceptors (Lipinski definition) is 5. The van der Waals surface area contributed by atoms with Crippen LogP contribution in [0.15, 0.2) is 66.7 Å². The number of aromatic nitrogens is 2. The number of ether oxygens (including phenoxy) is 1. The zero-order valence-corrected chi connectivity index (χ0v) is 20.7. The van der Waals surface area contributed by atoms with E-state index in [4.69, 9.17) is 27.9 Å². The first-order valence-corrected chi connectivity index (χ1v) is 12.2. The molecule has 3 aromatic carbocycles. The molecule has 5 rings (SSSR count). The van der Waals surface area contributed by atoms with Gasteiger partial charge >= 0.3 is 0 Å². The molecule has 1 amide bonds. The number of carbonyl (C=O) groups excluding carboxylic acids is 1. The number of benzene rings is 3. The molecule has 35 heavy (non-hydrogen) atoms. The third-order valence-electron chi connectivity index (χ3n) is 6.11. The summed E-state index contributed by atoms with van der Waals surface area (Å²) in [6, 6.07) is 21.1. The second-order valence-electron chi connectivity index (χ2n) is 8.53. The predicted octanol–water partition coefficient (Wildman–Crippen LogP) is 5.93. The molecule has 1 N–H and O–H groups in total. The second-order valence-corrected chi connectivity index (χ2v) is 9.40. The smallest absolute Gasteiger partial charge is 0.255 e. The van der Waals surface area contributed by atoms with Gasteiger partial charge in [-0.3, -0.25) is 4.79 Å². The fourth-order valence-electron chi connectivity index (χ4n) is 4.24. The van der Waals surface area contributed by atoms with Crippen LogP contribution < -0.4 is 10.2 Å². The number of hydrogen-bond donors (Lipinski definition) is 1. The first-order valence-electron chi connectivity index (χ1n) is 11.4. The molecule has 0 aliphatic carbocycles. The molecule has 0 bridgehead atoms. The van der Waals surface area contributed by atoms with E-state index >= 15 is 0 Å². The standard InChI is InChI=1S/C27H24Cl2N4O2/c1-17(19-7-6-18-4-2-3-5-20(18)12-19)30-27(34)24-16-25(21-13-22(28)15-23(29)14-21)31-32-26(24)33-8-10-35-11-9-33/h2-7,12-17H,8-11H2,1H3,(H,30,34)/t17-/m1/s1. The normalized spacial score (nSPS) is 14.7. The highest BCUT2D eigenvalue weighted by atomic mass is 35.5. The number of amides is 1. The molecular weight excluding hydrogens is 483 g/mol. The van der Waals surface area contributed by atoms with Crippen LogP contribution >= 0.6 is 23.2 Å². The minimum Gasteiger partial charge on any atom is -0.378 e. The predicted molar refractivity (Wildman–Crippen MR) is 140 cm³/mol. The molecule has 1 fully saturated rings. The van der Waals surface area contributed by atoms with Gasteiger partial charge in [0, 0.05) is 28.7 Å². The van der Waals surface area contributed by atoms with Gasteiger partial charge in [0.25, 0.3) is 5.91 Å². The number of morpholine rings is 1. The van der Waals surface area contributed by atoms with Crippen LogP contribution in [0.3, 0.4) is 0 Å². The Balaban J connectivity index is 1.48. The SMILES string of the molecule is C[C@@H](NC(=O)c1cc(-c2cc(Cl)cc(Cl)c2)nnc1N1CCOCC1)c1ccc2ccccc2c1. The third kappa shape index (κ3) is 5.25. The topological polar surface area (TPSA) is 67.4 Å². The average Bonchev–Trinajstić information content (AvgIpc) is 2.88. The molecule has 4 aromatic rings. The highest BCUT2D eigenvalue weighted by Crippen LogP contribution is 2.29. The lowest BCUT2D eigenvalue weighted by Crippen LogP contribution is -2.39. The Kier molecular flexibility index (Phi) is 6.86. The Morgan fingerprint density at radius 2 is 1.66 bits per heavy atom. The van der Waals surface area contributed by atoms with Crippen molar-refractivity contribution in [2.24, 2.45) is 0 Å². The Morgan fingerprint density at radius 1 is 0.943 bits per heavy atom. The maximum atomic E-state index is 13.6. The second kappa shape index (κ2) is 10.2. The molecule has 8 heteroatoms. The Labute approximate surface area is 213 Å². The minimum absolute atomic E-state index is 0.207. The molecule has 0 spiro atoms. The summed E-state index contributed by atoms with van der Waals surface area (Å²) < 4.78 is 5.48. The highest BCUT2D eigenvalue weighted by molar-refractivity contribution is 6.35. The number of nitrogens with one attached hydrogen (secondary N) is 1. The Morgan fingerprint density at radius 3 is 2.40 bits per heavy atom. The molecule has 6 nitrogen and oxygen atoms in total. The van der Waals surface area contributed by atoms with Gasteiger partial charge in [-0.15, -0.1) is 10.2 Å². The van der Waals surface area contributed by atoms with E-state index in [2.05, 4.69) is 39.8 Å². The van der Waals surface area contributed by atoms with Gasteiger partial charge in [-0.05, 0) is 53.6 Å². The van der Waals surface area contributed by atoms with E-state index in [1.165, 1.54) is 0 Å². The molecule has 1 aliphatic rings. The van der Waals surface area contributed by atoms with Crippen LogP contribution in [0.5, 0.6) is 0 Å². The van der Waals surface area contributed by atoms with Crippen molar-refractivity contribution >= 4 is 45.7 Å². The molecule has 0 saturated carbocycles. The number of halogens is 2. The summed E-state index contributed by atoms with van der Waals surface area (Å²) in [7, 11) is 0. The fraction of sp³-hybridized carbons (Fsp3) is 0.222. The Bertz CT molecular complexity index is 1370. The van der Waals surface area contributed by atoms with E-state index in [0.29, 0.717) is 59.0 Å². The molecule has 178 valence electrons. The van der Waals surface area contributed by atoms with Gasteiger partial charge in [-0.1, -0.05) is 59.6 Å². The largest absolute Gasteiger partial charge is 0.378 e. The third-order valence-corrected chi connectivity index (χ3v) is 6.55. The first-order chi connectivity index (χ1) is 17.0. The monoisotopic (exact) mass is 506 g/mol. The maximum Gasteiger partial charge on any atom is 0.255 e. The summed E-state index contributed by atoms with van der Waals surface area (Å²) in [5.41, 5.74) is 2.68. The molecule has 1 aliphatic heterocycles. The number of rotatable bonds is 5. The van der Waals surface area contributed by atoms with Crippen LogP contribution in [-0.4, -0.2) is 42.4 Å². The van der Waals surface area contributed by atoms with Crippen molar-refractivity contribution in [1.29, 1.82) is 0 Å². The summed E-state index contributed by atoms with van der Waals surface area (Å²) in [6.07, 6.45) is 0. The van der Waals surface area contributed by atoms with Crippen molar-refractivity contribution in [3.63, 3.8) is 0 Å². The van der Waals surface area contributed by atoms with Crippen molar-refractivity contribution < 1.29 is 9.53 Å². The lowest BCUT2D eigenvalue weighted by Gasteiger charge is -2.29. The Hall–Kier alpha value is -3.19. The molecule has 1 saturated heterocycles. The van der Waals surface area contributed by atoms with Crippen molar-refractivity contribution in [3.8, 4) is 11.3 Å². The van der Waals surface area contributed by atoms with Crippen molar-refractivity contribution in [2.75, 3.05) is 31.2 Å². The van der Waals surface area contributed by atoms with E-state index in [0.717, 1.165) is 16.3 Å². The quantitative estimate of drug-likeness (QED) is 0.363. The molecule has 1 atom stereocenters. The summed E-state index contributed by atoms with van der Waals surface area (Å²) >= 11 is 12.4. The molecule has 0 radical (unpaired) electrons. The van der Waals surface area contributed by atoms with Gasteiger partial charge < -0.3 is 15.0 Å². The first kappa shape index (κ1) is 23.5. The summed E-state index contributed by atoms with van der Waals surface area (Å²) in [5, 5.41) is 15.3. The van der Waals surface area contributed by atoms with E-state index in [1.54, 1.807) is 24.3 Å². The van der Waals surface area contributed by atoms with E-state index in [9.17, 15) is 4.79 Å². The number of nitrogens with zero attached hydrogens (tertiary/aromatic N) is 3. The molecule has 1 aromatic heterocycles. The molecular formula is C27H24Cl2N4O2. The van der Waals surface area contributed by atoms with Gasteiger partial charge in [0.1, 0.15) is 0 Å². The van der Waals surface area contributed by atoms with Gasteiger partial charge in [0.05, 0.1) is 30.5 Å². The van der Waals surface area contributed by atoms with Crippen LogP contribution in [0.4, 0.5) is 5.82 Å². The minimum atomic E-state index is -0.226. The average molecular weight is 507 g/mol. The van der Waals surface area contributed by atoms with Crippen molar-refractivity contribution in [1.82, 2.24) is 15.5 Å². The molecule has 2 heterocycles. The van der Waals surface area contributed by atoms with Crippen LogP contribution in [0.1, 0.15) is 28.9 Å². The van der Waals surface area contributed by atoms with Crippen LogP contribution in [-0.2, 0) is 4.74 Å². The summed E-state index contributed by atoms with van der Waals surface area (Å²) in [5.74, 6) is 0.310. The van der Waals surface area contributed by atoms with Crippen LogP contribution in [0.25, 0.3) is 22.0 Å². The van der Waals surface area contributed by atoms with E-state index in [1.807, 2.05) is 30.0 Å². The number of carbonyl (C=O) groups is 1. The fourth-order valence-corrected chi connectivity index (χ4v) is 4.76. The van der Waals surface area contributed by atoms with E-state index < -0.39 is 0 Å². The van der Waals surface area contributed by atoms with E-state index in [-0.39, 0.29) is 11.9 Å². The van der Waals surface area contributed by atoms with Gasteiger partial charge in [0.2, 0.25) is 0 Å². The number of anilines is 1. The molecule has 0 unspecified atom stereocenters. The maximum absolute atomic E-state index is 13.6.